The third kappa shape index (κ3) is 3.63. The SMILES string of the molecule is NC(=O)c1ccc(CC2CCNC2)cc1CC1CCNC1. The first-order chi connectivity index (χ1) is 10.2. The summed E-state index contributed by atoms with van der Waals surface area (Å²) in [6, 6.07) is 6.23. The van der Waals surface area contributed by atoms with Gasteiger partial charge in [0.05, 0.1) is 0 Å². The third-order valence-corrected chi connectivity index (χ3v) is 4.79. The number of hydrogen-bond donors (Lipinski definition) is 3. The van der Waals surface area contributed by atoms with E-state index in [1.54, 1.807) is 0 Å². The van der Waals surface area contributed by atoms with Gasteiger partial charge in [0.2, 0.25) is 5.91 Å². The van der Waals surface area contributed by atoms with E-state index in [1.165, 1.54) is 18.4 Å². The average molecular weight is 287 g/mol. The number of rotatable bonds is 5. The Bertz CT molecular complexity index is 503. The number of primary amides is 1. The van der Waals surface area contributed by atoms with Crippen LogP contribution in [0.3, 0.4) is 0 Å². The molecule has 2 unspecified atom stereocenters. The predicted molar refractivity (Wildman–Crippen MR) is 84.3 cm³/mol. The molecule has 0 saturated carbocycles. The molecule has 3 rings (SSSR count). The minimum atomic E-state index is -0.301. The first-order valence-electron chi connectivity index (χ1n) is 8.05. The van der Waals surface area contributed by atoms with Gasteiger partial charge in [-0.05, 0) is 80.9 Å². The molecule has 114 valence electrons. The van der Waals surface area contributed by atoms with Crippen LogP contribution in [0.5, 0.6) is 0 Å². The molecule has 0 bridgehead atoms. The van der Waals surface area contributed by atoms with Gasteiger partial charge in [-0.1, -0.05) is 12.1 Å². The van der Waals surface area contributed by atoms with Crippen LogP contribution in [0, 0.1) is 11.8 Å². The summed E-state index contributed by atoms with van der Waals surface area (Å²) in [5.74, 6) is 1.06. The van der Waals surface area contributed by atoms with Gasteiger partial charge >= 0.3 is 0 Å². The molecule has 0 radical (unpaired) electrons. The van der Waals surface area contributed by atoms with Crippen molar-refractivity contribution in [1.29, 1.82) is 0 Å². The van der Waals surface area contributed by atoms with E-state index < -0.39 is 0 Å². The molecule has 2 heterocycles. The number of carbonyl (C=O) groups excluding carboxylic acids is 1. The lowest BCUT2D eigenvalue weighted by atomic mass is 9.90. The van der Waals surface area contributed by atoms with Crippen LogP contribution in [-0.4, -0.2) is 32.1 Å². The van der Waals surface area contributed by atoms with Crippen LogP contribution in [-0.2, 0) is 12.8 Å². The summed E-state index contributed by atoms with van der Waals surface area (Å²) in [5.41, 5.74) is 8.72. The third-order valence-electron chi connectivity index (χ3n) is 4.79. The standard InChI is InChI=1S/C17H25N3O/c18-17(21)16-2-1-12(7-13-3-5-19-10-13)8-15(16)9-14-4-6-20-11-14/h1-2,8,13-14,19-20H,3-7,9-11H2,(H2,18,21). The molecule has 4 nitrogen and oxygen atoms in total. The summed E-state index contributed by atoms with van der Waals surface area (Å²) in [4.78, 5) is 11.6. The molecule has 0 spiro atoms. The Balaban J connectivity index is 1.77. The molecule has 2 aliphatic heterocycles. The molecule has 2 aliphatic rings. The van der Waals surface area contributed by atoms with Crippen molar-refractivity contribution < 1.29 is 4.79 Å². The topological polar surface area (TPSA) is 67.2 Å². The summed E-state index contributed by atoms with van der Waals surface area (Å²) >= 11 is 0. The summed E-state index contributed by atoms with van der Waals surface area (Å²) in [5, 5.41) is 6.80. The van der Waals surface area contributed by atoms with E-state index >= 15 is 0 Å². The van der Waals surface area contributed by atoms with E-state index in [1.807, 2.05) is 6.07 Å². The van der Waals surface area contributed by atoms with Crippen molar-refractivity contribution >= 4 is 5.91 Å². The molecule has 1 aromatic carbocycles. The summed E-state index contributed by atoms with van der Waals surface area (Å²) in [7, 11) is 0. The number of hydrogen-bond acceptors (Lipinski definition) is 3. The molecule has 2 fully saturated rings. The zero-order valence-corrected chi connectivity index (χ0v) is 12.5. The van der Waals surface area contributed by atoms with Crippen molar-refractivity contribution in [2.45, 2.75) is 25.7 Å². The Hall–Kier alpha value is -1.39. The maximum absolute atomic E-state index is 11.6. The molecule has 21 heavy (non-hydrogen) atoms. The van der Waals surface area contributed by atoms with E-state index in [2.05, 4.69) is 22.8 Å². The van der Waals surface area contributed by atoms with Crippen LogP contribution in [0.15, 0.2) is 18.2 Å². The van der Waals surface area contributed by atoms with Gasteiger partial charge < -0.3 is 16.4 Å². The lowest BCUT2D eigenvalue weighted by molar-refractivity contribution is 0.0999. The fraction of sp³-hybridized carbons (Fsp3) is 0.588. The highest BCUT2D eigenvalue weighted by Crippen LogP contribution is 2.22. The van der Waals surface area contributed by atoms with E-state index in [9.17, 15) is 4.79 Å². The van der Waals surface area contributed by atoms with Crippen LogP contribution in [0.2, 0.25) is 0 Å². The van der Waals surface area contributed by atoms with Gasteiger partial charge in [0.1, 0.15) is 0 Å². The maximum atomic E-state index is 11.6. The molecule has 2 saturated heterocycles. The Kier molecular flexibility index (Phi) is 4.56. The molecular weight excluding hydrogens is 262 g/mol. The maximum Gasteiger partial charge on any atom is 0.248 e. The minimum Gasteiger partial charge on any atom is -0.366 e. The molecule has 4 N–H and O–H groups in total. The summed E-state index contributed by atoms with van der Waals surface area (Å²) < 4.78 is 0. The fourth-order valence-electron chi connectivity index (χ4n) is 3.60. The number of amides is 1. The number of carbonyl (C=O) groups is 1. The lowest BCUT2D eigenvalue weighted by Gasteiger charge is -2.15. The monoisotopic (exact) mass is 287 g/mol. The van der Waals surface area contributed by atoms with Gasteiger partial charge in [-0.2, -0.15) is 0 Å². The van der Waals surface area contributed by atoms with Crippen molar-refractivity contribution in [2.75, 3.05) is 26.2 Å². The van der Waals surface area contributed by atoms with Crippen molar-refractivity contribution in [1.82, 2.24) is 10.6 Å². The van der Waals surface area contributed by atoms with Crippen LogP contribution >= 0.6 is 0 Å². The molecule has 1 amide bonds. The Morgan fingerprint density at radius 1 is 1.10 bits per heavy atom. The molecular formula is C17H25N3O. The zero-order chi connectivity index (χ0) is 14.7. The van der Waals surface area contributed by atoms with Crippen LogP contribution in [0.1, 0.15) is 34.3 Å². The molecule has 2 atom stereocenters. The Labute approximate surface area is 126 Å². The Morgan fingerprint density at radius 3 is 2.33 bits per heavy atom. The number of benzene rings is 1. The highest BCUT2D eigenvalue weighted by molar-refractivity contribution is 5.94. The van der Waals surface area contributed by atoms with Crippen molar-refractivity contribution in [3.05, 3.63) is 34.9 Å². The molecule has 1 aromatic rings. The second-order valence-electron chi connectivity index (χ2n) is 6.48. The predicted octanol–water partition coefficient (Wildman–Crippen LogP) is 1.09. The van der Waals surface area contributed by atoms with Crippen LogP contribution < -0.4 is 16.4 Å². The van der Waals surface area contributed by atoms with Crippen molar-refractivity contribution in [3.8, 4) is 0 Å². The zero-order valence-electron chi connectivity index (χ0n) is 12.5. The quantitative estimate of drug-likeness (QED) is 0.759. The smallest absolute Gasteiger partial charge is 0.248 e. The fourth-order valence-corrected chi connectivity index (χ4v) is 3.60. The van der Waals surface area contributed by atoms with E-state index in [0.717, 1.165) is 50.5 Å². The van der Waals surface area contributed by atoms with E-state index in [0.29, 0.717) is 11.5 Å². The largest absolute Gasteiger partial charge is 0.366 e. The first kappa shape index (κ1) is 14.5. The van der Waals surface area contributed by atoms with E-state index in [4.69, 9.17) is 5.73 Å². The van der Waals surface area contributed by atoms with Gasteiger partial charge in [0.15, 0.2) is 0 Å². The highest BCUT2D eigenvalue weighted by Gasteiger charge is 2.20. The normalized spacial score (nSPS) is 25.3. The second-order valence-corrected chi connectivity index (χ2v) is 6.48. The highest BCUT2D eigenvalue weighted by atomic mass is 16.1. The molecule has 0 aliphatic carbocycles. The van der Waals surface area contributed by atoms with Gasteiger partial charge in [-0.3, -0.25) is 4.79 Å². The molecule has 0 aromatic heterocycles. The second kappa shape index (κ2) is 6.58. The minimum absolute atomic E-state index is 0.301. The van der Waals surface area contributed by atoms with Gasteiger partial charge in [-0.15, -0.1) is 0 Å². The van der Waals surface area contributed by atoms with Crippen LogP contribution in [0.4, 0.5) is 0 Å². The van der Waals surface area contributed by atoms with Gasteiger partial charge in [-0.25, -0.2) is 0 Å². The summed E-state index contributed by atoms with van der Waals surface area (Å²) in [6.45, 7) is 4.38. The lowest BCUT2D eigenvalue weighted by Crippen LogP contribution is -2.18. The van der Waals surface area contributed by atoms with E-state index in [-0.39, 0.29) is 5.91 Å². The number of nitrogens with one attached hydrogen (secondary N) is 2. The van der Waals surface area contributed by atoms with Crippen molar-refractivity contribution in [2.24, 2.45) is 17.6 Å². The number of nitrogens with two attached hydrogens (primary N) is 1. The van der Waals surface area contributed by atoms with Gasteiger partial charge in [0, 0.05) is 5.56 Å². The first-order valence-corrected chi connectivity index (χ1v) is 8.05. The van der Waals surface area contributed by atoms with Crippen LogP contribution in [0.25, 0.3) is 0 Å². The Morgan fingerprint density at radius 2 is 1.76 bits per heavy atom. The van der Waals surface area contributed by atoms with Crippen molar-refractivity contribution in [3.63, 3.8) is 0 Å². The average Bonchev–Trinajstić information content (AvgIpc) is 3.12. The van der Waals surface area contributed by atoms with Gasteiger partial charge in [0.25, 0.3) is 0 Å². The summed E-state index contributed by atoms with van der Waals surface area (Å²) in [6.07, 6.45) is 4.50. The molecule has 4 heteroatoms.